The van der Waals surface area contributed by atoms with Crippen LogP contribution < -0.4 is 24.8 Å². The van der Waals surface area contributed by atoms with Gasteiger partial charge in [0.25, 0.3) is 0 Å². The van der Waals surface area contributed by atoms with Crippen LogP contribution in [-0.2, 0) is 4.79 Å². The Morgan fingerprint density at radius 1 is 1.03 bits per heavy atom. The molecule has 0 radical (unpaired) electrons. The van der Waals surface area contributed by atoms with Crippen LogP contribution in [0, 0.1) is 0 Å². The number of benzene rings is 2. The van der Waals surface area contributed by atoms with Crippen LogP contribution in [0.15, 0.2) is 42.5 Å². The number of methoxy groups -OCH3 is 3. The van der Waals surface area contributed by atoms with Crippen LogP contribution >= 0.6 is 11.3 Å². The largest absolute Gasteiger partial charge is 0.493 e. The number of thiazole rings is 1. The van der Waals surface area contributed by atoms with Gasteiger partial charge in [-0.1, -0.05) is 35.6 Å². The molecule has 150 valence electrons. The minimum absolute atomic E-state index is 0.0871. The first-order valence-corrected chi connectivity index (χ1v) is 9.87. The van der Waals surface area contributed by atoms with Gasteiger partial charge in [-0.15, -0.1) is 0 Å². The molecule has 3 aromatic rings. The molecule has 29 heavy (non-hydrogen) atoms. The molecule has 1 aliphatic rings. The molecule has 1 atom stereocenters. The number of carbonyl (C=O) groups excluding carboxylic acids is 1. The summed E-state index contributed by atoms with van der Waals surface area (Å²) in [5.74, 6) is 1.93. The fourth-order valence-electron chi connectivity index (χ4n) is 3.47. The minimum atomic E-state index is -0.197. The van der Waals surface area contributed by atoms with Crippen LogP contribution in [0.25, 0.3) is 0 Å². The van der Waals surface area contributed by atoms with Gasteiger partial charge < -0.3 is 24.8 Å². The third kappa shape index (κ3) is 3.58. The highest BCUT2D eigenvalue weighted by Gasteiger charge is 2.33. The molecule has 0 bridgehead atoms. The SMILES string of the molecule is COc1ccc(C2CC(=O)Nc3nc(Nc4ccccc4)sc32)c(OC)c1OC. The number of rotatable bonds is 6. The highest BCUT2D eigenvalue weighted by molar-refractivity contribution is 7.16. The molecule has 0 aliphatic carbocycles. The summed E-state index contributed by atoms with van der Waals surface area (Å²) in [5.41, 5.74) is 1.79. The fourth-order valence-corrected chi connectivity index (χ4v) is 4.53. The standard InChI is InChI=1S/C21H21N3O4S/c1-26-15-10-9-13(17(27-2)18(15)28-3)14-11-16(25)23-20-19(14)29-21(24-20)22-12-7-5-4-6-8-12/h4-10,14H,11H2,1-3H3,(H,22,24)(H,23,25). The predicted molar refractivity (Wildman–Crippen MR) is 113 cm³/mol. The summed E-state index contributed by atoms with van der Waals surface area (Å²) in [6.07, 6.45) is 0.297. The Kier molecular flexibility index (Phi) is 5.26. The Hall–Kier alpha value is -3.26. The van der Waals surface area contributed by atoms with Crippen LogP contribution in [0.2, 0.25) is 0 Å². The summed E-state index contributed by atoms with van der Waals surface area (Å²) in [6.45, 7) is 0. The number of amides is 1. The molecule has 1 amide bonds. The molecule has 4 rings (SSSR count). The van der Waals surface area contributed by atoms with Crippen LogP contribution in [0.4, 0.5) is 16.6 Å². The van der Waals surface area contributed by atoms with E-state index < -0.39 is 0 Å². The van der Waals surface area contributed by atoms with Gasteiger partial charge in [-0.25, -0.2) is 4.98 Å². The monoisotopic (exact) mass is 411 g/mol. The number of para-hydroxylation sites is 1. The summed E-state index contributed by atoms with van der Waals surface area (Å²) in [4.78, 5) is 17.9. The molecule has 8 heteroatoms. The van der Waals surface area contributed by atoms with Crippen molar-refractivity contribution in [3.63, 3.8) is 0 Å². The van der Waals surface area contributed by atoms with Crippen LogP contribution in [0.3, 0.4) is 0 Å². The van der Waals surface area contributed by atoms with Crippen molar-refractivity contribution >= 4 is 33.9 Å². The van der Waals surface area contributed by atoms with E-state index in [0.29, 0.717) is 34.6 Å². The normalized spacial score (nSPS) is 15.3. The third-order valence-electron chi connectivity index (χ3n) is 4.75. The van der Waals surface area contributed by atoms with Crippen molar-refractivity contribution in [2.45, 2.75) is 12.3 Å². The number of nitrogens with zero attached hydrogens (tertiary/aromatic N) is 1. The molecule has 0 fully saturated rings. The van der Waals surface area contributed by atoms with E-state index in [1.54, 1.807) is 21.3 Å². The summed E-state index contributed by atoms with van der Waals surface area (Å²) < 4.78 is 16.5. The maximum atomic E-state index is 12.4. The molecule has 0 saturated carbocycles. The molecule has 2 aromatic carbocycles. The summed E-state index contributed by atoms with van der Waals surface area (Å²) in [7, 11) is 4.73. The second-order valence-electron chi connectivity index (χ2n) is 6.45. The zero-order valence-electron chi connectivity index (χ0n) is 16.3. The average Bonchev–Trinajstić information content (AvgIpc) is 3.14. The van der Waals surface area contributed by atoms with Crippen molar-refractivity contribution in [3.8, 4) is 17.2 Å². The molecule has 7 nitrogen and oxygen atoms in total. The third-order valence-corrected chi connectivity index (χ3v) is 5.84. The second-order valence-corrected chi connectivity index (χ2v) is 7.48. The van der Waals surface area contributed by atoms with E-state index in [1.165, 1.54) is 11.3 Å². The number of aromatic nitrogens is 1. The predicted octanol–water partition coefficient (Wildman–Crippen LogP) is 4.39. The van der Waals surface area contributed by atoms with Crippen molar-refractivity contribution in [3.05, 3.63) is 52.9 Å². The second kappa shape index (κ2) is 8.00. The maximum absolute atomic E-state index is 12.4. The van der Waals surface area contributed by atoms with E-state index in [-0.39, 0.29) is 11.8 Å². The number of anilines is 3. The smallest absolute Gasteiger partial charge is 0.226 e. The molecule has 2 N–H and O–H groups in total. The number of hydrogen-bond acceptors (Lipinski definition) is 7. The van der Waals surface area contributed by atoms with E-state index in [9.17, 15) is 4.79 Å². The lowest BCUT2D eigenvalue weighted by atomic mass is 9.90. The molecular formula is C21H21N3O4S. The first-order chi connectivity index (χ1) is 14.1. The highest BCUT2D eigenvalue weighted by atomic mass is 32.1. The zero-order chi connectivity index (χ0) is 20.4. The van der Waals surface area contributed by atoms with E-state index in [0.717, 1.165) is 16.1 Å². The molecule has 1 unspecified atom stereocenters. The van der Waals surface area contributed by atoms with Gasteiger partial charge >= 0.3 is 0 Å². The van der Waals surface area contributed by atoms with Gasteiger partial charge in [0.05, 0.1) is 26.2 Å². The summed E-state index contributed by atoms with van der Waals surface area (Å²) >= 11 is 1.51. The quantitative estimate of drug-likeness (QED) is 0.626. The number of hydrogen-bond donors (Lipinski definition) is 2. The lowest BCUT2D eigenvalue weighted by Gasteiger charge is -2.24. The van der Waals surface area contributed by atoms with Gasteiger partial charge in [-0.05, 0) is 18.2 Å². The van der Waals surface area contributed by atoms with Gasteiger partial charge in [0, 0.05) is 23.6 Å². The lowest BCUT2D eigenvalue weighted by Crippen LogP contribution is -2.23. The van der Waals surface area contributed by atoms with Gasteiger partial charge in [-0.2, -0.15) is 0 Å². The van der Waals surface area contributed by atoms with E-state index >= 15 is 0 Å². The average molecular weight is 411 g/mol. The topological polar surface area (TPSA) is 81.7 Å². The Balaban J connectivity index is 1.76. The minimum Gasteiger partial charge on any atom is -0.493 e. The Morgan fingerprint density at radius 2 is 1.79 bits per heavy atom. The summed E-state index contributed by atoms with van der Waals surface area (Å²) in [5, 5.41) is 6.89. The van der Waals surface area contributed by atoms with Gasteiger partial charge in [0.2, 0.25) is 11.7 Å². The van der Waals surface area contributed by atoms with E-state index in [1.807, 2.05) is 42.5 Å². The van der Waals surface area contributed by atoms with Crippen LogP contribution in [0.1, 0.15) is 22.8 Å². The van der Waals surface area contributed by atoms with Crippen molar-refractivity contribution < 1.29 is 19.0 Å². The van der Waals surface area contributed by atoms with Crippen molar-refractivity contribution in [2.75, 3.05) is 32.0 Å². The lowest BCUT2D eigenvalue weighted by molar-refractivity contribution is -0.116. The van der Waals surface area contributed by atoms with E-state index in [2.05, 4.69) is 15.6 Å². The molecule has 0 spiro atoms. The molecule has 1 aromatic heterocycles. The maximum Gasteiger partial charge on any atom is 0.226 e. The number of ether oxygens (including phenoxy) is 3. The molecule has 1 aliphatic heterocycles. The fraction of sp³-hybridized carbons (Fsp3) is 0.238. The molecule has 2 heterocycles. The number of fused-ring (bicyclic) bond motifs is 1. The first-order valence-electron chi connectivity index (χ1n) is 9.06. The van der Waals surface area contributed by atoms with Crippen molar-refractivity contribution in [2.24, 2.45) is 0 Å². The molecule has 0 saturated heterocycles. The van der Waals surface area contributed by atoms with Gasteiger partial charge in [0.15, 0.2) is 16.6 Å². The number of nitrogens with one attached hydrogen (secondary N) is 2. The molecular weight excluding hydrogens is 390 g/mol. The van der Waals surface area contributed by atoms with Crippen LogP contribution in [0.5, 0.6) is 17.2 Å². The Bertz CT molecular complexity index is 1040. The van der Waals surface area contributed by atoms with Gasteiger partial charge in [0.1, 0.15) is 5.82 Å². The number of carbonyl (C=O) groups is 1. The van der Waals surface area contributed by atoms with Crippen molar-refractivity contribution in [1.82, 2.24) is 4.98 Å². The first kappa shape index (κ1) is 19.1. The zero-order valence-corrected chi connectivity index (χ0v) is 17.1. The Labute approximate surface area is 172 Å². The van der Waals surface area contributed by atoms with Crippen LogP contribution in [-0.4, -0.2) is 32.2 Å². The van der Waals surface area contributed by atoms with E-state index in [4.69, 9.17) is 14.2 Å². The highest BCUT2D eigenvalue weighted by Crippen LogP contribution is 2.49. The summed E-state index contributed by atoms with van der Waals surface area (Å²) in [6, 6.07) is 13.5. The van der Waals surface area contributed by atoms with Crippen molar-refractivity contribution in [1.29, 1.82) is 0 Å². The Morgan fingerprint density at radius 3 is 2.48 bits per heavy atom. The van der Waals surface area contributed by atoms with Gasteiger partial charge in [-0.3, -0.25) is 4.79 Å².